The van der Waals surface area contributed by atoms with E-state index in [1.807, 2.05) is 13.0 Å². The van der Waals surface area contributed by atoms with E-state index in [0.29, 0.717) is 17.8 Å². The molecular weight excluding hydrogens is 240 g/mol. The van der Waals surface area contributed by atoms with Crippen molar-refractivity contribution in [3.05, 3.63) is 29.3 Å². The van der Waals surface area contributed by atoms with Crippen molar-refractivity contribution in [2.45, 2.75) is 39.7 Å². The minimum absolute atomic E-state index is 0.0242. The molecule has 0 saturated carbocycles. The van der Waals surface area contributed by atoms with Crippen LogP contribution >= 0.6 is 0 Å². The molecule has 0 saturated heterocycles. The van der Waals surface area contributed by atoms with Crippen LogP contribution < -0.4 is 5.73 Å². The Morgan fingerprint density at radius 3 is 2.47 bits per heavy atom. The van der Waals surface area contributed by atoms with Crippen LogP contribution in [0.1, 0.15) is 42.6 Å². The number of nitrogen functional groups attached to an aromatic ring is 1. The zero-order valence-electron chi connectivity index (χ0n) is 12.0. The van der Waals surface area contributed by atoms with Crippen molar-refractivity contribution in [3.63, 3.8) is 0 Å². The molecule has 0 atom stereocenters. The van der Waals surface area contributed by atoms with Gasteiger partial charge in [0, 0.05) is 23.8 Å². The van der Waals surface area contributed by atoms with Gasteiger partial charge in [0.05, 0.1) is 6.61 Å². The highest BCUT2D eigenvalue weighted by Gasteiger charge is 2.22. The number of amides is 1. The van der Waals surface area contributed by atoms with Gasteiger partial charge in [-0.1, -0.05) is 19.9 Å². The molecule has 4 nitrogen and oxygen atoms in total. The van der Waals surface area contributed by atoms with Crippen LogP contribution in [-0.2, 0) is 0 Å². The van der Waals surface area contributed by atoms with Crippen LogP contribution in [-0.4, -0.2) is 35.1 Å². The summed E-state index contributed by atoms with van der Waals surface area (Å²) < 4.78 is 0. The van der Waals surface area contributed by atoms with Crippen molar-refractivity contribution in [3.8, 4) is 0 Å². The number of carbonyl (C=O) groups excluding carboxylic acids is 1. The highest BCUT2D eigenvalue weighted by atomic mass is 16.3. The molecule has 0 aliphatic rings. The molecule has 106 valence electrons. The molecule has 0 unspecified atom stereocenters. The van der Waals surface area contributed by atoms with Crippen molar-refractivity contribution in [2.24, 2.45) is 0 Å². The molecule has 1 aromatic rings. The van der Waals surface area contributed by atoms with Gasteiger partial charge >= 0.3 is 0 Å². The lowest BCUT2D eigenvalue weighted by molar-refractivity contribution is 0.0622. The largest absolute Gasteiger partial charge is 0.398 e. The summed E-state index contributed by atoms with van der Waals surface area (Å²) in [6.45, 7) is 6.35. The average Bonchev–Trinajstić information content (AvgIpc) is 2.41. The van der Waals surface area contributed by atoms with Crippen molar-refractivity contribution >= 4 is 11.6 Å². The zero-order chi connectivity index (χ0) is 14.4. The molecule has 0 heterocycles. The number of carbonyl (C=O) groups is 1. The van der Waals surface area contributed by atoms with Gasteiger partial charge in [-0.25, -0.2) is 0 Å². The number of aliphatic hydroxyl groups is 1. The fourth-order valence-electron chi connectivity index (χ4n) is 2.23. The molecule has 0 radical (unpaired) electrons. The van der Waals surface area contributed by atoms with Gasteiger partial charge in [-0.05, 0) is 37.5 Å². The van der Waals surface area contributed by atoms with E-state index in [2.05, 4.69) is 13.8 Å². The Balaban J connectivity index is 3.01. The van der Waals surface area contributed by atoms with Gasteiger partial charge in [0.1, 0.15) is 0 Å². The number of anilines is 1. The van der Waals surface area contributed by atoms with Crippen LogP contribution in [0.15, 0.2) is 18.2 Å². The molecule has 1 rings (SSSR count). The minimum Gasteiger partial charge on any atom is -0.398 e. The van der Waals surface area contributed by atoms with E-state index in [0.717, 1.165) is 18.4 Å². The Bertz CT molecular complexity index is 428. The van der Waals surface area contributed by atoms with E-state index in [4.69, 9.17) is 10.8 Å². The lowest BCUT2D eigenvalue weighted by Gasteiger charge is -2.30. The van der Waals surface area contributed by atoms with Crippen LogP contribution in [0.4, 0.5) is 5.69 Å². The Morgan fingerprint density at radius 1 is 1.37 bits per heavy atom. The monoisotopic (exact) mass is 264 g/mol. The van der Waals surface area contributed by atoms with E-state index in [9.17, 15) is 4.79 Å². The minimum atomic E-state index is -0.0607. The standard InChI is InChI=1S/C15H24N2O2/c1-4-13(5-2)17(8-9-18)15(19)12-7-6-11(3)14(16)10-12/h6-7,10,13,18H,4-5,8-9,16H2,1-3H3. The third kappa shape index (κ3) is 3.70. The summed E-state index contributed by atoms with van der Waals surface area (Å²) in [5.74, 6) is -0.0607. The van der Waals surface area contributed by atoms with Crippen molar-refractivity contribution < 1.29 is 9.90 Å². The molecule has 0 aromatic heterocycles. The second-order valence-corrected chi connectivity index (χ2v) is 4.76. The molecule has 1 aromatic carbocycles. The number of benzene rings is 1. The van der Waals surface area contributed by atoms with Crippen LogP contribution in [0.3, 0.4) is 0 Å². The van der Waals surface area contributed by atoms with Gasteiger partial charge in [0.15, 0.2) is 0 Å². The average molecular weight is 264 g/mol. The molecule has 0 spiro atoms. The quantitative estimate of drug-likeness (QED) is 0.774. The number of nitrogens with two attached hydrogens (primary N) is 1. The zero-order valence-corrected chi connectivity index (χ0v) is 12.0. The van der Waals surface area contributed by atoms with Crippen LogP contribution in [0.25, 0.3) is 0 Å². The Labute approximate surface area is 115 Å². The van der Waals surface area contributed by atoms with Crippen LogP contribution in [0.2, 0.25) is 0 Å². The molecule has 4 heteroatoms. The van der Waals surface area contributed by atoms with Crippen molar-refractivity contribution in [1.29, 1.82) is 0 Å². The molecule has 19 heavy (non-hydrogen) atoms. The number of aliphatic hydroxyl groups excluding tert-OH is 1. The maximum atomic E-state index is 12.5. The first-order chi connectivity index (χ1) is 9.04. The van der Waals surface area contributed by atoms with E-state index < -0.39 is 0 Å². The number of hydrogen-bond acceptors (Lipinski definition) is 3. The maximum absolute atomic E-state index is 12.5. The predicted molar refractivity (Wildman–Crippen MR) is 78.1 cm³/mol. The smallest absolute Gasteiger partial charge is 0.254 e. The molecule has 0 aliphatic carbocycles. The number of nitrogens with zero attached hydrogens (tertiary/aromatic N) is 1. The number of hydrogen-bond donors (Lipinski definition) is 2. The third-order valence-corrected chi connectivity index (χ3v) is 3.51. The lowest BCUT2D eigenvalue weighted by atomic mass is 10.1. The van der Waals surface area contributed by atoms with Gasteiger partial charge in [-0.3, -0.25) is 4.79 Å². The van der Waals surface area contributed by atoms with Crippen LogP contribution in [0.5, 0.6) is 0 Å². The van der Waals surface area contributed by atoms with Gasteiger partial charge in [-0.15, -0.1) is 0 Å². The van der Waals surface area contributed by atoms with Gasteiger partial charge in [-0.2, -0.15) is 0 Å². The van der Waals surface area contributed by atoms with E-state index in [-0.39, 0.29) is 18.6 Å². The molecule has 0 aliphatic heterocycles. The van der Waals surface area contributed by atoms with Crippen LogP contribution in [0, 0.1) is 6.92 Å². The second-order valence-electron chi connectivity index (χ2n) is 4.76. The Hall–Kier alpha value is -1.55. The predicted octanol–water partition coefficient (Wildman–Crippen LogP) is 2.20. The summed E-state index contributed by atoms with van der Waals surface area (Å²) in [6, 6.07) is 5.51. The van der Waals surface area contributed by atoms with E-state index in [1.54, 1.807) is 17.0 Å². The Kier molecular flexibility index (Phi) is 5.83. The molecule has 1 amide bonds. The Morgan fingerprint density at radius 2 is 2.00 bits per heavy atom. The normalized spacial score (nSPS) is 10.8. The maximum Gasteiger partial charge on any atom is 0.254 e. The van der Waals surface area contributed by atoms with Crippen molar-refractivity contribution in [1.82, 2.24) is 4.90 Å². The highest BCUT2D eigenvalue weighted by Crippen LogP contribution is 2.17. The molecule has 0 fully saturated rings. The van der Waals surface area contributed by atoms with Gasteiger partial charge < -0.3 is 15.7 Å². The SMILES string of the molecule is CCC(CC)N(CCO)C(=O)c1ccc(C)c(N)c1. The summed E-state index contributed by atoms with van der Waals surface area (Å²) >= 11 is 0. The fourth-order valence-corrected chi connectivity index (χ4v) is 2.23. The summed E-state index contributed by atoms with van der Waals surface area (Å²) in [7, 11) is 0. The van der Waals surface area contributed by atoms with Gasteiger partial charge in [0.2, 0.25) is 0 Å². The number of aryl methyl sites for hydroxylation is 1. The third-order valence-electron chi connectivity index (χ3n) is 3.51. The number of rotatable bonds is 6. The van der Waals surface area contributed by atoms with Crippen molar-refractivity contribution in [2.75, 3.05) is 18.9 Å². The van der Waals surface area contributed by atoms with Gasteiger partial charge in [0.25, 0.3) is 5.91 Å². The molecular formula is C15H24N2O2. The van der Waals surface area contributed by atoms with E-state index >= 15 is 0 Å². The second kappa shape index (κ2) is 7.14. The first kappa shape index (κ1) is 15.5. The fraction of sp³-hybridized carbons (Fsp3) is 0.533. The summed E-state index contributed by atoms with van der Waals surface area (Å²) in [4.78, 5) is 14.3. The topological polar surface area (TPSA) is 66.6 Å². The summed E-state index contributed by atoms with van der Waals surface area (Å²) in [5.41, 5.74) is 8.03. The first-order valence-electron chi connectivity index (χ1n) is 6.83. The summed E-state index contributed by atoms with van der Waals surface area (Å²) in [6.07, 6.45) is 1.76. The van der Waals surface area contributed by atoms with E-state index in [1.165, 1.54) is 0 Å². The highest BCUT2D eigenvalue weighted by molar-refractivity contribution is 5.95. The molecule has 0 bridgehead atoms. The summed E-state index contributed by atoms with van der Waals surface area (Å²) in [5, 5.41) is 9.15. The first-order valence-corrected chi connectivity index (χ1v) is 6.83. The molecule has 3 N–H and O–H groups in total. The lowest BCUT2D eigenvalue weighted by Crippen LogP contribution is -2.41.